The van der Waals surface area contributed by atoms with E-state index in [0.29, 0.717) is 16.1 Å². The minimum Gasteiger partial charge on any atom is -0.759 e. The Morgan fingerprint density at radius 1 is 1.00 bits per heavy atom. The van der Waals surface area contributed by atoms with Crippen molar-refractivity contribution in [2.75, 3.05) is 0 Å². The maximum absolute atomic E-state index is 13.6. The summed E-state index contributed by atoms with van der Waals surface area (Å²) in [5.74, 6) is -0.750. The van der Waals surface area contributed by atoms with Crippen LogP contribution in [0.15, 0.2) is 76.1 Å². The van der Waals surface area contributed by atoms with Crippen LogP contribution in [-0.2, 0) is 23.1 Å². The third-order valence-electron chi connectivity index (χ3n) is 4.78. The lowest BCUT2D eigenvalue weighted by Gasteiger charge is -2.24. The number of hydrogen-bond donors (Lipinski definition) is 1. The molecule has 1 amide bonds. The van der Waals surface area contributed by atoms with E-state index in [9.17, 15) is 18.4 Å². The highest BCUT2D eigenvalue weighted by atomic mass is 79.9. The lowest BCUT2D eigenvalue weighted by Crippen LogP contribution is -2.31. The number of hydroxylamine groups is 1. The summed E-state index contributed by atoms with van der Waals surface area (Å²) in [5.41, 5.74) is 3.49. The van der Waals surface area contributed by atoms with Gasteiger partial charge < -0.3 is 10.7 Å². The van der Waals surface area contributed by atoms with E-state index in [1.54, 1.807) is 31.2 Å². The minimum atomic E-state index is -3.88. The van der Waals surface area contributed by atoms with Gasteiger partial charge in [-0.25, -0.2) is 8.42 Å². The zero-order valence-electron chi connectivity index (χ0n) is 16.5. The predicted octanol–water partition coefficient (Wildman–Crippen LogP) is 5.03. The van der Waals surface area contributed by atoms with Crippen LogP contribution in [-0.4, -0.2) is 18.6 Å². The van der Waals surface area contributed by atoms with Gasteiger partial charge in [0.05, 0.1) is 4.90 Å². The molecule has 3 aromatic carbocycles. The average Bonchev–Trinajstić information content (AvgIpc) is 2.76. The standard InChI is InChI=1S/C22H19BrClN2O4S/c1-15-20(24)3-2-4-21(15)31(29,30)26(14-17-7-11-19(23)12-8-17)13-16-5-9-18(10-6-16)22(27)25-28/h2-12H,13-14H2,1H3,(H-,25,27,28)/q-1. The molecule has 162 valence electrons. The fourth-order valence-electron chi connectivity index (χ4n) is 3.05. The summed E-state index contributed by atoms with van der Waals surface area (Å²) in [6.07, 6.45) is 0. The highest BCUT2D eigenvalue weighted by Gasteiger charge is 2.27. The second-order valence-corrected chi connectivity index (χ2v) is 10.1. The Hall–Kier alpha value is -2.23. The van der Waals surface area contributed by atoms with Crippen molar-refractivity contribution in [1.82, 2.24) is 9.79 Å². The summed E-state index contributed by atoms with van der Waals surface area (Å²) >= 11 is 9.55. The Labute approximate surface area is 194 Å². The van der Waals surface area contributed by atoms with E-state index in [1.807, 2.05) is 24.3 Å². The van der Waals surface area contributed by atoms with Gasteiger partial charge in [-0.2, -0.15) is 4.31 Å². The Morgan fingerprint density at radius 2 is 1.55 bits per heavy atom. The van der Waals surface area contributed by atoms with E-state index >= 15 is 0 Å². The number of benzene rings is 3. The molecule has 0 saturated heterocycles. The number of halogens is 2. The molecule has 3 rings (SSSR count). The highest BCUT2D eigenvalue weighted by molar-refractivity contribution is 9.10. The fraction of sp³-hybridized carbons (Fsp3) is 0.136. The van der Waals surface area contributed by atoms with Gasteiger partial charge in [-0.15, -0.1) is 0 Å². The Kier molecular flexibility index (Phi) is 7.51. The maximum atomic E-state index is 13.6. The van der Waals surface area contributed by atoms with Crippen LogP contribution in [0.2, 0.25) is 5.02 Å². The van der Waals surface area contributed by atoms with Crippen molar-refractivity contribution in [2.45, 2.75) is 24.9 Å². The van der Waals surface area contributed by atoms with E-state index < -0.39 is 15.9 Å². The largest absolute Gasteiger partial charge is 0.759 e. The molecule has 9 heteroatoms. The van der Waals surface area contributed by atoms with Gasteiger partial charge in [0.25, 0.3) is 0 Å². The van der Waals surface area contributed by atoms with E-state index in [0.717, 1.165) is 10.0 Å². The van der Waals surface area contributed by atoms with Crippen molar-refractivity contribution in [3.05, 3.63) is 104 Å². The van der Waals surface area contributed by atoms with Crippen LogP contribution in [0.5, 0.6) is 0 Å². The van der Waals surface area contributed by atoms with Gasteiger partial charge in [-0.1, -0.05) is 57.9 Å². The number of carbonyl (C=O) groups excluding carboxylic acids is 1. The van der Waals surface area contributed by atoms with Crippen LogP contribution >= 0.6 is 27.5 Å². The van der Waals surface area contributed by atoms with Crippen LogP contribution < -0.4 is 5.48 Å². The lowest BCUT2D eigenvalue weighted by molar-refractivity contribution is 0.0970. The number of carbonyl (C=O) groups is 1. The number of sulfonamides is 1. The highest BCUT2D eigenvalue weighted by Crippen LogP contribution is 2.28. The second-order valence-electron chi connectivity index (χ2n) is 6.89. The summed E-state index contributed by atoms with van der Waals surface area (Å²) in [6, 6.07) is 18.4. The zero-order valence-corrected chi connectivity index (χ0v) is 19.7. The van der Waals surface area contributed by atoms with Crippen LogP contribution in [0.25, 0.3) is 0 Å². The Balaban J connectivity index is 1.99. The second kappa shape index (κ2) is 9.93. The van der Waals surface area contributed by atoms with Gasteiger partial charge in [0.1, 0.15) is 0 Å². The van der Waals surface area contributed by atoms with E-state index in [2.05, 4.69) is 15.9 Å². The molecule has 0 unspecified atom stereocenters. The van der Waals surface area contributed by atoms with Gasteiger partial charge in [0.2, 0.25) is 15.9 Å². The normalized spacial score (nSPS) is 11.5. The molecule has 0 radical (unpaired) electrons. The molecule has 0 bridgehead atoms. The molecule has 6 nitrogen and oxygen atoms in total. The van der Waals surface area contributed by atoms with Crippen LogP contribution in [0, 0.1) is 12.1 Å². The van der Waals surface area contributed by atoms with Crippen LogP contribution in [0.3, 0.4) is 0 Å². The molecule has 0 aromatic heterocycles. The summed E-state index contributed by atoms with van der Waals surface area (Å²) in [7, 11) is -3.88. The zero-order chi connectivity index (χ0) is 22.6. The number of nitrogens with one attached hydrogen (secondary N) is 1. The van der Waals surface area contributed by atoms with Gasteiger partial charge in [0.15, 0.2) is 0 Å². The van der Waals surface area contributed by atoms with Gasteiger partial charge >= 0.3 is 0 Å². The first kappa shape index (κ1) is 23.4. The van der Waals surface area contributed by atoms with Gasteiger partial charge in [-0.3, -0.25) is 4.79 Å². The fourth-order valence-corrected chi connectivity index (χ4v) is 5.21. The van der Waals surface area contributed by atoms with E-state index in [-0.39, 0.29) is 23.5 Å². The summed E-state index contributed by atoms with van der Waals surface area (Å²) in [6.45, 7) is 1.89. The lowest BCUT2D eigenvalue weighted by atomic mass is 10.1. The quantitative estimate of drug-likeness (QED) is 0.441. The predicted molar refractivity (Wildman–Crippen MR) is 124 cm³/mol. The molecule has 0 aliphatic heterocycles. The van der Waals surface area contributed by atoms with E-state index in [4.69, 9.17) is 11.6 Å². The molecule has 0 aliphatic rings. The van der Waals surface area contributed by atoms with Crippen LogP contribution in [0.1, 0.15) is 27.0 Å². The molecule has 0 aliphatic carbocycles. The SMILES string of the molecule is Cc1c(Cl)cccc1S(=O)(=O)N(Cc1ccc(Br)cc1)Cc1ccc(C(=O)N[O-])cc1. The molecule has 0 spiro atoms. The number of amides is 1. The third kappa shape index (κ3) is 5.53. The Morgan fingerprint density at radius 3 is 2.10 bits per heavy atom. The summed E-state index contributed by atoms with van der Waals surface area (Å²) in [4.78, 5) is 11.6. The maximum Gasteiger partial charge on any atom is 0.243 e. The summed E-state index contributed by atoms with van der Waals surface area (Å²) in [5, 5.41) is 10.9. The molecule has 1 N–H and O–H groups in total. The first-order valence-corrected chi connectivity index (χ1v) is 11.8. The monoisotopic (exact) mass is 521 g/mol. The van der Waals surface area contributed by atoms with Crippen molar-refractivity contribution in [2.24, 2.45) is 0 Å². The molecule has 0 heterocycles. The minimum absolute atomic E-state index is 0.0730. The van der Waals surface area contributed by atoms with Gasteiger partial charge in [0, 0.05) is 28.1 Å². The topological polar surface area (TPSA) is 89.5 Å². The number of rotatable bonds is 7. The van der Waals surface area contributed by atoms with Crippen molar-refractivity contribution < 1.29 is 13.2 Å². The van der Waals surface area contributed by atoms with Crippen molar-refractivity contribution in [3.8, 4) is 0 Å². The van der Waals surface area contributed by atoms with Crippen LogP contribution in [0.4, 0.5) is 0 Å². The third-order valence-corrected chi connectivity index (χ3v) is 7.65. The van der Waals surface area contributed by atoms with Crippen molar-refractivity contribution in [1.29, 1.82) is 0 Å². The van der Waals surface area contributed by atoms with Crippen molar-refractivity contribution >= 4 is 43.5 Å². The molecule has 3 aromatic rings. The molecular formula is C22H19BrClN2O4S-. The van der Waals surface area contributed by atoms with E-state index in [1.165, 1.54) is 28.0 Å². The number of hydrogen-bond acceptors (Lipinski definition) is 4. The van der Waals surface area contributed by atoms with Crippen molar-refractivity contribution in [3.63, 3.8) is 0 Å². The van der Waals surface area contributed by atoms with Gasteiger partial charge in [-0.05, 0) is 60.0 Å². The number of nitrogens with zero attached hydrogens (tertiary/aromatic N) is 1. The molecule has 31 heavy (non-hydrogen) atoms. The Bertz CT molecular complexity index is 1180. The average molecular weight is 523 g/mol. The summed E-state index contributed by atoms with van der Waals surface area (Å²) < 4.78 is 29.4. The molecule has 0 saturated carbocycles. The molecular weight excluding hydrogens is 504 g/mol. The molecule has 0 fully saturated rings. The smallest absolute Gasteiger partial charge is 0.243 e. The molecule has 0 atom stereocenters. The first-order chi connectivity index (χ1) is 14.7. The first-order valence-electron chi connectivity index (χ1n) is 9.23.